The van der Waals surface area contributed by atoms with E-state index in [-0.39, 0.29) is 0 Å². The second-order valence-corrected chi connectivity index (χ2v) is 6.48. The van der Waals surface area contributed by atoms with Gasteiger partial charge in [-0.3, -0.25) is 0 Å². The lowest BCUT2D eigenvalue weighted by molar-refractivity contribution is 0.367. The van der Waals surface area contributed by atoms with Crippen molar-refractivity contribution >= 4 is 12.7 Å². The lowest BCUT2D eigenvalue weighted by atomic mass is 9.38. The molecule has 2 aliphatic rings. The summed E-state index contributed by atoms with van der Waals surface area (Å²) < 4.78 is 6.49. The first kappa shape index (κ1) is 13.8. The number of hydrogen-bond acceptors (Lipinski definition) is 1. The number of allylic oxidation sites excluding steroid dienone is 1. The number of hydrogen-bond donors (Lipinski definition) is 0. The molecule has 0 amide bonds. The molecule has 0 N–H and O–H groups in total. The molecule has 0 radical (unpaired) electrons. The third kappa shape index (κ3) is 2.80. The molecular weight excluding hydrogens is 243 g/mol. The molecule has 2 aliphatic heterocycles. The summed E-state index contributed by atoms with van der Waals surface area (Å²) in [4.78, 5) is 0. The van der Waals surface area contributed by atoms with Crippen LogP contribution in [0.25, 0.3) is 5.76 Å². The molecular formula is C18H25BO. The zero-order valence-corrected chi connectivity index (χ0v) is 12.8. The van der Waals surface area contributed by atoms with E-state index >= 15 is 0 Å². The highest BCUT2D eigenvalue weighted by Gasteiger charge is 2.42. The van der Waals surface area contributed by atoms with Gasteiger partial charge in [0.05, 0.1) is 0 Å². The molecule has 2 fully saturated rings. The smallest absolute Gasteiger partial charge is 0.364 e. The van der Waals surface area contributed by atoms with E-state index in [9.17, 15) is 0 Å². The molecule has 2 saturated heterocycles. The van der Waals surface area contributed by atoms with Gasteiger partial charge in [-0.25, -0.2) is 0 Å². The fourth-order valence-corrected chi connectivity index (χ4v) is 3.97. The summed E-state index contributed by atoms with van der Waals surface area (Å²) in [5.74, 6) is 2.67. The standard InChI is InChI=1S/C18H25BO/c1-3-18(15-12-10-14(2)11-13-15)20-19-16-6-4-7-17(19)9-5-8-16/h3,10-13,16-17H,4-9H2,1-2H3/b18-3-. The molecule has 2 bridgehead atoms. The van der Waals surface area contributed by atoms with Gasteiger partial charge < -0.3 is 4.65 Å². The van der Waals surface area contributed by atoms with E-state index in [0.717, 1.165) is 17.4 Å². The number of benzene rings is 1. The third-order valence-electron chi connectivity index (χ3n) is 5.09. The summed E-state index contributed by atoms with van der Waals surface area (Å²) in [5.41, 5.74) is 2.53. The van der Waals surface area contributed by atoms with Crippen LogP contribution in [0.5, 0.6) is 0 Å². The lowest BCUT2D eigenvalue weighted by Gasteiger charge is -2.39. The van der Waals surface area contributed by atoms with Gasteiger partial charge in [-0.2, -0.15) is 0 Å². The van der Waals surface area contributed by atoms with Crippen molar-refractivity contribution in [2.75, 3.05) is 0 Å². The van der Waals surface area contributed by atoms with Gasteiger partial charge in [0.25, 0.3) is 0 Å². The molecule has 0 unspecified atom stereocenters. The second-order valence-electron chi connectivity index (χ2n) is 6.48. The molecule has 1 aromatic carbocycles. The molecule has 20 heavy (non-hydrogen) atoms. The van der Waals surface area contributed by atoms with E-state index in [0.29, 0.717) is 6.92 Å². The Bertz CT molecular complexity index is 455. The zero-order chi connectivity index (χ0) is 13.9. The first-order valence-electron chi connectivity index (χ1n) is 8.18. The predicted octanol–water partition coefficient (Wildman–Crippen LogP) is 5.47. The van der Waals surface area contributed by atoms with E-state index in [2.05, 4.69) is 44.2 Å². The van der Waals surface area contributed by atoms with Crippen LogP contribution in [0.2, 0.25) is 11.6 Å². The van der Waals surface area contributed by atoms with Gasteiger partial charge in [0, 0.05) is 5.56 Å². The Balaban J connectivity index is 1.76. The lowest BCUT2D eigenvalue weighted by Crippen LogP contribution is -2.36. The molecule has 2 heterocycles. The number of rotatable bonds is 3. The first-order chi connectivity index (χ1) is 9.78. The van der Waals surface area contributed by atoms with Crippen molar-refractivity contribution in [3.8, 4) is 0 Å². The van der Waals surface area contributed by atoms with Gasteiger partial charge in [0.1, 0.15) is 5.76 Å². The minimum atomic E-state index is 0.463. The van der Waals surface area contributed by atoms with Crippen molar-refractivity contribution < 1.29 is 4.65 Å². The Morgan fingerprint density at radius 2 is 1.60 bits per heavy atom. The summed E-state index contributed by atoms with van der Waals surface area (Å²) in [6, 6.07) is 8.71. The van der Waals surface area contributed by atoms with Crippen molar-refractivity contribution in [2.24, 2.45) is 0 Å². The maximum Gasteiger partial charge on any atom is 0.364 e. The van der Waals surface area contributed by atoms with Crippen LogP contribution < -0.4 is 0 Å². The average molecular weight is 268 g/mol. The van der Waals surface area contributed by atoms with Crippen molar-refractivity contribution in [2.45, 2.75) is 64.0 Å². The summed E-state index contributed by atoms with van der Waals surface area (Å²) in [6.45, 7) is 4.68. The van der Waals surface area contributed by atoms with Crippen molar-refractivity contribution in [1.82, 2.24) is 0 Å². The Labute approximate surface area is 123 Å². The maximum absolute atomic E-state index is 6.49. The summed E-state index contributed by atoms with van der Waals surface area (Å²) in [7, 11) is 0. The molecule has 106 valence electrons. The summed E-state index contributed by atoms with van der Waals surface area (Å²) in [5, 5.41) is 0. The van der Waals surface area contributed by atoms with E-state index in [1.165, 1.54) is 49.7 Å². The number of fused-ring (bicyclic) bond motifs is 2. The van der Waals surface area contributed by atoms with Crippen LogP contribution >= 0.6 is 0 Å². The highest BCUT2D eigenvalue weighted by molar-refractivity contribution is 6.57. The molecule has 0 atom stereocenters. The fraction of sp³-hybridized carbons (Fsp3) is 0.556. The topological polar surface area (TPSA) is 9.23 Å². The molecule has 0 saturated carbocycles. The Morgan fingerprint density at radius 1 is 1.05 bits per heavy atom. The summed E-state index contributed by atoms with van der Waals surface area (Å²) in [6.07, 6.45) is 10.4. The molecule has 0 spiro atoms. The van der Waals surface area contributed by atoms with Crippen molar-refractivity contribution in [3.63, 3.8) is 0 Å². The fourth-order valence-electron chi connectivity index (χ4n) is 3.97. The highest BCUT2D eigenvalue weighted by Crippen LogP contribution is 2.47. The van der Waals surface area contributed by atoms with Gasteiger partial charge in [0.2, 0.25) is 0 Å². The van der Waals surface area contributed by atoms with Gasteiger partial charge in [-0.1, -0.05) is 68.4 Å². The van der Waals surface area contributed by atoms with Crippen LogP contribution in [0, 0.1) is 6.92 Å². The van der Waals surface area contributed by atoms with E-state index in [4.69, 9.17) is 4.65 Å². The molecule has 3 rings (SSSR count). The molecule has 2 heteroatoms. The second kappa shape index (κ2) is 6.07. The van der Waals surface area contributed by atoms with Gasteiger partial charge in [-0.15, -0.1) is 0 Å². The van der Waals surface area contributed by atoms with Crippen LogP contribution in [-0.4, -0.2) is 6.92 Å². The predicted molar refractivity (Wildman–Crippen MR) is 86.9 cm³/mol. The summed E-state index contributed by atoms with van der Waals surface area (Å²) >= 11 is 0. The van der Waals surface area contributed by atoms with Crippen molar-refractivity contribution in [3.05, 3.63) is 41.5 Å². The van der Waals surface area contributed by atoms with Crippen LogP contribution in [0.15, 0.2) is 30.3 Å². The first-order valence-corrected chi connectivity index (χ1v) is 8.18. The van der Waals surface area contributed by atoms with Crippen molar-refractivity contribution in [1.29, 1.82) is 0 Å². The maximum atomic E-state index is 6.49. The average Bonchev–Trinajstić information content (AvgIpc) is 2.45. The molecule has 0 aromatic heterocycles. The largest absolute Gasteiger partial charge is 0.560 e. The van der Waals surface area contributed by atoms with E-state index < -0.39 is 0 Å². The van der Waals surface area contributed by atoms with Gasteiger partial charge >= 0.3 is 6.92 Å². The van der Waals surface area contributed by atoms with E-state index in [1.807, 2.05) is 0 Å². The SMILES string of the molecule is C/C=C(\OB1C2CCCC1CCC2)c1ccc(C)cc1. The molecule has 0 aliphatic carbocycles. The minimum absolute atomic E-state index is 0.463. The minimum Gasteiger partial charge on any atom is -0.560 e. The monoisotopic (exact) mass is 268 g/mol. The Kier molecular flexibility index (Phi) is 4.19. The number of aryl methyl sites for hydroxylation is 1. The Hall–Kier alpha value is -1.18. The van der Waals surface area contributed by atoms with Crippen LogP contribution in [-0.2, 0) is 4.65 Å². The van der Waals surface area contributed by atoms with Crippen LogP contribution in [0.4, 0.5) is 0 Å². The van der Waals surface area contributed by atoms with Gasteiger partial charge in [-0.05, 0) is 31.6 Å². The highest BCUT2D eigenvalue weighted by atomic mass is 16.4. The van der Waals surface area contributed by atoms with Gasteiger partial charge in [0.15, 0.2) is 0 Å². The molecule has 1 nitrogen and oxygen atoms in total. The Morgan fingerprint density at radius 3 is 2.10 bits per heavy atom. The van der Waals surface area contributed by atoms with Crippen LogP contribution in [0.1, 0.15) is 56.6 Å². The molecule has 1 aromatic rings. The normalized spacial score (nSPS) is 26.5. The quantitative estimate of drug-likeness (QED) is 0.521. The zero-order valence-electron chi connectivity index (χ0n) is 12.8. The van der Waals surface area contributed by atoms with E-state index in [1.54, 1.807) is 0 Å². The third-order valence-corrected chi connectivity index (χ3v) is 5.09. The van der Waals surface area contributed by atoms with Crippen LogP contribution in [0.3, 0.4) is 0 Å².